The Kier molecular flexibility index (Phi) is 4.68. The van der Waals surface area contributed by atoms with E-state index in [0.29, 0.717) is 16.7 Å². The number of sulfonamides is 1. The van der Waals surface area contributed by atoms with E-state index in [4.69, 9.17) is 0 Å². The van der Waals surface area contributed by atoms with Crippen LogP contribution >= 0.6 is 11.7 Å². The van der Waals surface area contributed by atoms with Crippen molar-refractivity contribution < 1.29 is 8.42 Å². The third-order valence-corrected chi connectivity index (χ3v) is 5.74. The molecule has 0 unspecified atom stereocenters. The number of anilines is 2. The number of nitrogens with zero attached hydrogens (tertiary/aromatic N) is 3. The summed E-state index contributed by atoms with van der Waals surface area (Å²) in [7, 11) is -3.71. The minimum Gasteiger partial charge on any atom is -0.372 e. The molecule has 3 rings (SSSR count). The highest BCUT2D eigenvalue weighted by molar-refractivity contribution is 7.93. The maximum Gasteiger partial charge on any atom is 0.264 e. The Morgan fingerprint density at radius 3 is 2.42 bits per heavy atom. The van der Waals surface area contributed by atoms with Gasteiger partial charge >= 0.3 is 0 Å². The van der Waals surface area contributed by atoms with Crippen molar-refractivity contribution in [2.24, 2.45) is 0 Å². The van der Waals surface area contributed by atoms with E-state index in [-0.39, 0.29) is 4.90 Å². The zero-order valence-electron chi connectivity index (χ0n) is 13.4. The first-order valence-corrected chi connectivity index (χ1v) is 9.85. The van der Waals surface area contributed by atoms with Crippen molar-refractivity contribution in [2.45, 2.75) is 18.7 Å². The lowest BCUT2D eigenvalue weighted by atomic mass is 10.2. The molecule has 3 aromatic rings. The molecule has 1 aromatic heterocycles. The SMILES string of the molecule is CCN(CC)c1ccc(NS(=O)(=O)c2cccc3nsnc23)cc1. The van der Waals surface area contributed by atoms with Gasteiger partial charge in [0.25, 0.3) is 10.0 Å². The van der Waals surface area contributed by atoms with Gasteiger partial charge < -0.3 is 4.90 Å². The van der Waals surface area contributed by atoms with Crippen molar-refractivity contribution in [1.29, 1.82) is 0 Å². The van der Waals surface area contributed by atoms with Gasteiger partial charge in [0.1, 0.15) is 15.9 Å². The second-order valence-electron chi connectivity index (χ2n) is 5.21. The quantitative estimate of drug-likeness (QED) is 0.728. The average molecular weight is 362 g/mol. The molecular formula is C16H18N4O2S2. The predicted octanol–water partition coefficient (Wildman–Crippen LogP) is 3.34. The highest BCUT2D eigenvalue weighted by Gasteiger charge is 2.19. The molecule has 1 N–H and O–H groups in total. The standard InChI is InChI=1S/C16H18N4O2S2/c1-3-20(4-2)13-10-8-12(9-11-13)19-24(21,22)15-7-5-6-14-16(15)18-23-17-14/h5-11,19H,3-4H2,1-2H3. The molecule has 8 heteroatoms. The monoisotopic (exact) mass is 362 g/mol. The van der Waals surface area contributed by atoms with Gasteiger partial charge in [0, 0.05) is 24.5 Å². The Morgan fingerprint density at radius 2 is 1.75 bits per heavy atom. The van der Waals surface area contributed by atoms with E-state index >= 15 is 0 Å². The fourth-order valence-electron chi connectivity index (χ4n) is 2.54. The average Bonchev–Trinajstić information content (AvgIpc) is 3.05. The molecule has 24 heavy (non-hydrogen) atoms. The Bertz CT molecular complexity index is 932. The molecule has 0 aliphatic rings. The van der Waals surface area contributed by atoms with Gasteiger partial charge in [-0.25, -0.2) is 8.42 Å². The van der Waals surface area contributed by atoms with Gasteiger partial charge in [0.15, 0.2) is 0 Å². The van der Waals surface area contributed by atoms with Crippen LogP contribution in [0.1, 0.15) is 13.8 Å². The van der Waals surface area contributed by atoms with Crippen molar-refractivity contribution in [2.75, 3.05) is 22.7 Å². The largest absolute Gasteiger partial charge is 0.372 e. The zero-order valence-corrected chi connectivity index (χ0v) is 15.1. The fourth-order valence-corrected chi connectivity index (χ4v) is 4.36. The van der Waals surface area contributed by atoms with Crippen LogP contribution in [0.5, 0.6) is 0 Å². The van der Waals surface area contributed by atoms with Crippen LogP contribution in [0, 0.1) is 0 Å². The van der Waals surface area contributed by atoms with E-state index in [1.165, 1.54) is 6.07 Å². The Labute approximate surface area is 145 Å². The first-order valence-electron chi connectivity index (χ1n) is 7.64. The molecule has 0 aliphatic heterocycles. The summed E-state index contributed by atoms with van der Waals surface area (Å²) in [5, 5.41) is 0. The lowest BCUT2D eigenvalue weighted by molar-refractivity contribution is 0.602. The van der Waals surface area contributed by atoms with E-state index in [1.807, 2.05) is 12.1 Å². The normalized spacial score (nSPS) is 11.6. The molecule has 0 saturated carbocycles. The second kappa shape index (κ2) is 6.74. The summed E-state index contributed by atoms with van der Waals surface area (Å²) in [6, 6.07) is 12.3. The summed E-state index contributed by atoms with van der Waals surface area (Å²) in [6.07, 6.45) is 0. The van der Waals surface area contributed by atoms with E-state index in [1.54, 1.807) is 24.3 Å². The van der Waals surface area contributed by atoms with Gasteiger partial charge in [0.2, 0.25) is 0 Å². The van der Waals surface area contributed by atoms with Gasteiger partial charge in [-0.1, -0.05) is 6.07 Å². The highest BCUT2D eigenvalue weighted by Crippen LogP contribution is 2.24. The second-order valence-corrected chi connectivity index (χ2v) is 7.39. The first-order chi connectivity index (χ1) is 11.5. The topological polar surface area (TPSA) is 75.2 Å². The number of fused-ring (bicyclic) bond motifs is 1. The van der Waals surface area contributed by atoms with Crippen LogP contribution in [-0.2, 0) is 10.0 Å². The summed E-state index contributed by atoms with van der Waals surface area (Å²) < 4.78 is 36.1. The summed E-state index contributed by atoms with van der Waals surface area (Å²) in [5.74, 6) is 0. The molecule has 126 valence electrons. The third kappa shape index (κ3) is 3.20. The van der Waals surface area contributed by atoms with Crippen LogP contribution in [0.2, 0.25) is 0 Å². The highest BCUT2D eigenvalue weighted by atomic mass is 32.2. The molecule has 0 spiro atoms. The molecule has 0 amide bonds. The molecule has 0 bridgehead atoms. The van der Waals surface area contributed by atoms with Crippen LogP contribution in [0.25, 0.3) is 11.0 Å². The van der Waals surface area contributed by atoms with Gasteiger partial charge in [-0.3, -0.25) is 4.72 Å². The maximum atomic E-state index is 12.7. The number of aromatic nitrogens is 2. The Balaban J connectivity index is 1.88. The zero-order chi connectivity index (χ0) is 17.2. The molecule has 0 saturated heterocycles. The van der Waals surface area contributed by atoms with Crippen molar-refractivity contribution in [1.82, 2.24) is 8.75 Å². The molecule has 2 aromatic carbocycles. The fraction of sp³-hybridized carbons (Fsp3) is 0.250. The maximum absolute atomic E-state index is 12.7. The lowest BCUT2D eigenvalue weighted by Gasteiger charge is -2.21. The van der Waals surface area contributed by atoms with Crippen LogP contribution in [-0.4, -0.2) is 30.3 Å². The smallest absolute Gasteiger partial charge is 0.264 e. The summed E-state index contributed by atoms with van der Waals surface area (Å²) in [6.45, 7) is 5.98. The van der Waals surface area contributed by atoms with E-state index in [2.05, 4.69) is 32.2 Å². The van der Waals surface area contributed by atoms with Crippen LogP contribution in [0.3, 0.4) is 0 Å². The van der Waals surface area contributed by atoms with Crippen molar-refractivity contribution in [3.05, 3.63) is 42.5 Å². The van der Waals surface area contributed by atoms with Gasteiger partial charge in [-0.05, 0) is 50.2 Å². The minimum atomic E-state index is -3.71. The molecule has 0 radical (unpaired) electrons. The number of benzene rings is 2. The first kappa shape index (κ1) is 16.7. The number of hydrogen-bond acceptors (Lipinski definition) is 6. The van der Waals surface area contributed by atoms with Gasteiger partial charge in [0.05, 0.1) is 11.7 Å². The number of hydrogen-bond donors (Lipinski definition) is 1. The van der Waals surface area contributed by atoms with E-state index < -0.39 is 10.0 Å². The van der Waals surface area contributed by atoms with Gasteiger partial charge in [-0.15, -0.1) is 0 Å². The van der Waals surface area contributed by atoms with Crippen molar-refractivity contribution in [3.63, 3.8) is 0 Å². The van der Waals surface area contributed by atoms with Crippen LogP contribution in [0.15, 0.2) is 47.4 Å². The number of nitrogens with one attached hydrogen (secondary N) is 1. The molecule has 0 aliphatic carbocycles. The summed E-state index contributed by atoms with van der Waals surface area (Å²) in [4.78, 5) is 2.33. The molecule has 0 fully saturated rings. The molecule has 1 heterocycles. The Hall–Kier alpha value is -2.19. The molecule has 0 atom stereocenters. The van der Waals surface area contributed by atoms with Gasteiger partial charge in [-0.2, -0.15) is 8.75 Å². The molecule has 6 nitrogen and oxygen atoms in total. The van der Waals surface area contributed by atoms with Crippen LogP contribution < -0.4 is 9.62 Å². The Morgan fingerprint density at radius 1 is 1.04 bits per heavy atom. The van der Waals surface area contributed by atoms with E-state index in [9.17, 15) is 8.42 Å². The third-order valence-electron chi connectivity index (χ3n) is 3.79. The van der Waals surface area contributed by atoms with E-state index in [0.717, 1.165) is 30.5 Å². The predicted molar refractivity (Wildman–Crippen MR) is 98.2 cm³/mol. The van der Waals surface area contributed by atoms with Crippen molar-refractivity contribution >= 4 is 44.2 Å². The lowest BCUT2D eigenvalue weighted by Crippen LogP contribution is -2.21. The minimum absolute atomic E-state index is 0.140. The molecular weight excluding hydrogens is 344 g/mol. The summed E-state index contributed by atoms with van der Waals surface area (Å²) >= 11 is 1.00. The summed E-state index contributed by atoms with van der Waals surface area (Å²) in [5.41, 5.74) is 2.56. The number of rotatable bonds is 6. The van der Waals surface area contributed by atoms with Crippen LogP contribution in [0.4, 0.5) is 11.4 Å². The van der Waals surface area contributed by atoms with Crippen molar-refractivity contribution in [3.8, 4) is 0 Å².